The lowest BCUT2D eigenvalue weighted by Gasteiger charge is -2.26. The molecule has 1 amide bonds. The van der Waals surface area contributed by atoms with Crippen LogP contribution in [0.4, 0.5) is 5.69 Å². The van der Waals surface area contributed by atoms with Crippen molar-refractivity contribution in [1.82, 2.24) is 0 Å². The van der Waals surface area contributed by atoms with Gasteiger partial charge in [0.2, 0.25) is 5.91 Å². The molecule has 0 bridgehead atoms. The molecule has 0 aromatic heterocycles. The molecule has 3 N–H and O–H groups in total. The van der Waals surface area contributed by atoms with E-state index in [1.54, 1.807) is 12.1 Å². The van der Waals surface area contributed by atoms with Crippen molar-refractivity contribution in [1.29, 1.82) is 0 Å². The number of rotatable bonds is 7. The summed E-state index contributed by atoms with van der Waals surface area (Å²) in [5.74, 6) is -1.30. The number of carboxylic acids is 1. The summed E-state index contributed by atoms with van der Waals surface area (Å²) >= 11 is 0. The molecule has 0 radical (unpaired) electrons. The Morgan fingerprint density at radius 2 is 1.95 bits per heavy atom. The highest BCUT2D eigenvalue weighted by molar-refractivity contribution is 5.95. The van der Waals surface area contributed by atoms with E-state index in [2.05, 4.69) is 0 Å². The lowest BCUT2D eigenvalue weighted by Crippen LogP contribution is -2.40. The zero-order valence-corrected chi connectivity index (χ0v) is 11.1. The lowest BCUT2D eigenvalue weighted by atomic mass is 10.0. The summed E-state index contributed by atoms with van der Waals surface area (Å²) < 4.78 is 0. The van der Waals surface area contributed by atoms with E-state index >= 15 is 0 Å². The van der Waals surface area contributed by atoms with Crippen molar-refractivity contribution in [3.05, 3.63) is 30.3 Å². The maximum Gasteiger partial charge on any atom is 0.305 e. The van der Waals surface area contributed by atoms with Gasteiger partial charge in [0.1, 0.15) is 0 Å². The summed E-state index contributed by atoms with van der Waals surface area (Å²) in [6.45, 7) is 2.33. The average Bonchev–Trinajstić information content (AvgIpc) is 2.41. The van der Waals surface area contributed by atoms with E-state index < -0.39 is 5.97 Å². The number of anilines is 1. The Bertz CT molecular complexity index is 416. The number of carbonyl (C=O) groups is 2. The third kappa shape index (κ3) is 4.37. The van der Waals surface area contributed by atoms with Crippen molar-refractivity contribution in [3.63, 3.8) is 0 Å². The number of hydrogen-bond donors (Lipinski definition) is 2. The Morgan fingerprint density at radius 3 is 2.42 bits per heavy atom. The second-order valence-corrected chi connectivity index (χ2v) is 4.31. The SMILES string of the molecule is CCC(CN)C(=O)N(CCC(=O)O)c1ccccc1. The van der Waals surface area contributed by atoms with E-state index in [4.69, 9.17) is 10.8 Å². The standard InChI is InChI=1S/C14H20N2O3/c1-2-11(10-15)14(19)16(9-8-13(17)18)12-6-4-3-5-7-12/h3-7,11H,2,8-10,15H2,1H3,(H,17,18). The number of hydrogen-bond acceptors (Lipinski definition) is 3. The second kappa shape index (κ2) is 7.53. The van der Waals surface area contributed by atoms with Gasteiger partial charge in [-0.2, -0.15) is 0 Å². The first kappa shape index (κ1) is 15.2. The normalized spacial score (nSPS) is 11.9. The van der Waals surface area contributed by atoms with Crippen molar-refractivity contribution in [2.24, 2.45) is 11.7 Å². The van der Waals surface area contributed by atoms with Crippen molar-refractivity contribution in [3.8, 4) is 0 Å². The van der Waals surface area contributed by atoms with Crippen LogP contribution in [0.2, 0.25) is 0 Å². The molecular weight excluding hydrogens is 244 g/mol. The fraction of sp³-hybridized carbons (Fsp3) is 0.429. The van der Waals surface area contributed by atoms with Gasteiger partial charge in [-0.25, -0.2) is 0 Å². The number of amides is 1. The molecule has 0 spiro atoms. The van der Waals surface area contributed by atoms with Gasteiger partial charge in [-0.3, -0.25) is 9.59 Å². The highest BCUT2D eigenvalue weighted by atomic mass is 16.4. The van der Waals surface area contributed by atoms with Gasteiger partial charge >= 0.3 is 5.97 Å². The molecule has 1 unspecified atom stereocenters. The predicted molar refractivity (Wildman–Crippen MR) is 73.9 cm³/mol. The molecule has 0 aliphatic rings. The van der Waals surface area contributed by atoms with Crippen LogP contribution in [0.5, 0.6) is 0 Å². The summed E-state index contributed by atoms with van der Waals surface area (Å²) in [5.41, 5.74) is 6.30. The van der Waals surface area contributed by atoms with E-state index in [1.165, 1.54) is 4.90 Å². The maximum atomic E-state index is 12.4. The largest absolute Gasteiger partial charge is 0.481 e. The van der Waals surface area contributed by atoms with Crippen LogP contribution in [-0.4, -0.2) is 30.1 Å². The average molecular weight is 264 g/mol. The maximum absolute atomic E-state index is 12.4. The minimum Gasteiger partial charge on any atom is -0.481 e. The Morgan fingerprint density at radius 1 is 1.32 bits per heavy atom. The summed E-state index contributed by atoms with van der Waals surface area (Å²) in [5, 5.41) is 8.78. The molecule has 0 aliphatic heterocycles. The van der Waals surface area contributed by atoms with Gasteiger partial charge in [0, 0.05) is 18.8 Å². The molecule has 0 aliphatic carbocycles. The fourth-order valence-electron chi connectivity index (χ4n) is 1.84. The minimum absolute atomic E-state index is 0.0817. The Hall–Kier alpha value is -1.88. The van der Waals surface area contributed by atoms with Crippen LogP contribution in [0.15, 0.2) is 30.3 Å². The number of benzene rings is 1. The number of nitrogens with zero attached hydrogens (tertiary/aromatic N) is 1. The number of aliphatic carboxylic acids is 1. The van der Waals surface area contributed by atoms with Gasteiger partial charge < -0.3 is 15.7 Å². The number of nitrogens with two attached hydrogens (primary N) is 1. The van der Waals surface area contributed by atoms with Crippen LogP contribution >= 0.6 is 0 Å². The zero-order valence-electron chi connectivity index (χ0n) is 11.1. The van der Waals surface area contributed by atoms with Crippen molar-refractivity contribution >= 4 is 17.6 Å². The first-order valence-corrected chi connectivity index (χ1v) is 6.38. The first-order chi connectivity index (χ1) is 9.10. The molecule has 5 nitrogen and oxygen atoms in total. The van der Waals surface area contributed by atoms with E-state index in [-0.39, 0.29) is 31.3 Å². The van der Waals surface area contributed by atoms with Crippen LogP contribution in [-0.2, 0) is 9.59 Å². The fourth-order valence-corrected chi connectivity index (χ4v) is 1.84. The minimum atomic E-state index is -0.922. The molecule has 1 aromatic rings. The Labute approximate surface area is 113 Å². The Balaban J connectivity index is 2.92. The van der Waals surface area contributed by atoms with E-state index in [0.717, 1.165) is 0 Å². The molecular formula is C14H20N2O3. The van der Waals surface area contributed by atoms with Gasteiger partial charge in [-0.1, -0.05) is 25.1 Å². The third-order valence-corrected chi connectivity index (χ3v) is 3.01. The van der Waals surface area contributed by atoms with Gasteiger partial charge in [-0.05, 0) is 18.6 Å². The topological polar surface area (TPSA) is 83.6 Å². The highest BCUT2D eigenvalue weighted by Gasteiger charge is 2.23. The first-order valence-electron chi connectivity index (χ1n) is 6.38. The van der Waals surface area contributed by atoms with Crippen LogP contribution in [0.1, 0.15) is 19.8 Å². The predicted octanol–water partition coefficient (Wildman–Crippen LogP) is 1.48. The van der Waals surface area contributed by atoms with Gasteiger partial charge in [0.05, 0.1) is 12.3 Å². The molecule has 1 aromatic carbocycles. The number of para-hydroxylation sites is 1. The van der Waals surface area contributed by atoms with Crippen LogP contribution < -0.4 is 10.6 Å². The third-order valence-electron chi connectivity index (χ3n) is 3.01. The van der Waals surface area contributed by atoms with E-state index in [0.29, 0.717) is 12.1 Å². The molecule has 0 fully saturated rings. The number of carbonyl (C=O) groups excluding carboxylic acids is 1. The van der Waals surface area contributed by atoms with E-state index in [1.807, 2.05) is 25.1 Å². The molecule has 1 rings (SSSR count). The zero-order chi connectivity index (χ0) is 14.3. The summed E-state index contributed by atoms with van der Waals surface area (Å²) in [6.07, 6.45) is 0.563. The molecule has 0 heterocycles. The van der Waals surface area contributed by atoms with E-state index in [9.17, 15) is 9.59 Å². The monoisotopic (exact) mass is 264 g/mol. The quantitative estimate of drug-likeness (QED) is 0.781. The van der Waals surface area contributed by atoms with Gasteiger partial charge in [0.15, 0.2) is 0 Å². The second-order valence-electron chi connectivity index (χ2n) is 4.31. The molecule has 1 atom stereocenters. The lowest BCUT2D eigenvalue weighted by molar-refractivity contribution is -0.136. The van der Waals surface area contributed by atoms with Crippen LogP contribution in [0.3, 0.4) is 0 Å². The van der Waals surface area contributed by atoms with Gasteiger partial charge in [0.25, 0.3) is 0 Å². The molecule has 5 heteroatoms. The molecule has 19 heavy (non-hydrogen) atoms. The van der Waals surface area contributed by atoms with Crippen molar-refractivity contribution in [2.45, 2.75) is 19.8 Å². The molecule has 0 saturated carbocycles. The van der Waals surface area contributed by atoms with Crippen LogP contribution in [0.25, 0.3) is 0 Å². The van der Waals surface area contributed by atoms with Gasteiger partial charge in [-0.15, -0.1) is 0 Å². The smallest absolute Gasteiger partial charge is 0.305 e. The highest BCUT2D eigenvalue weighted by Crippen LogP contribution is 2.18. The summed E-state index contributed by atoms with van der Waals surface area (Å²) in [4.78, 5) is 24.6. The van der Waals surface area contributed by atoms with Crippen LogP contribution in [0, 0.1) is 5.92 Å². The summed E-state index contributed by atoms with van der Waals surface area (Å²) in [6, 6.07) is 9.08. The Kier molecular flexibility index (Phi) is 6.02. The number of carboxylic acid groups (broad SMARTS) is 1. The molecule has 104 valence electrons. The van der Waals surface area contributed by atoms with Crippen molar-refractivity contribution < 1.29 is 14.7 Å². The molecule has 0 saturated heterocycles. The summed E-state index contributed by atoms with van der Waals surface area (Å²) in [7, 11) is 0. The van der Waals surface area contributed by atoms with Crippen molar-refractivity contribution in [2.75, 3.05) is 18.0 Å².